The number of amides is 1. The molecular formula is C15H17Br2ClN4O2. The second kappa shape index (κ2) is 11.1. The van der Waals surface area contributed by atoms with E-state index in [1.165, 1.54) is 6.21 Å². The van der Waals surface area contributed by atoms with Gasteiger partial charge in [0.15, 0.2) is 37.9 Å². The number of primary amides is 1. The maximum atomic E-state index is 11.0. The van der Waals surface area contributed by atoms with Crippen LogP contribution in [0, 0.1) is 0 Å². The number of oxime groups is 1. The van der Waals surface area contributed by atoms with Crippen molar-refractivity contribution in [3.8, 4) is 0 Å². The SMILES string of the molecule is NC(=O)c1cc[n+](CCC[n+]2ccc(C=NO)c(Cl)c2)cc1.[Br-].[Br-]. The van der Waals surface area contributed by atoms with Gasteiger partial charge in [-0.3, -0.25) is 4.79 Å². The molecule has 6 nitrogen and oxygen atoms in total. The molecule has 2 aromatic rings. The van der Waals surface area contributed by atoms with Crippen LogP contribution in [0.1, 0.15) is 22.3 Å². The molecule has 0 aliphatic carbocycles. The number of carbonyl (C=O) groups excluding carboxylic acids is 1. The Kier molecular flexibility index (Phi) is 10.4. The van der Waals surface area contributed by atoms with Gasteiger partial charge in [0, 0.05) is 23.8 Å². The van der Waals surface area contributed by atoms with Gasteiger partial charge in [-0.05, 0) is 0 Å². The zero-order chi connectivity index (χ0) is 15.9. The standard InChI is InChI=1S/C15H15ClN4O2.2BrH/c16-14-11-20(9-4-13(14)10-18-22)6-1-5-19-7-2-12(3-8-19)15(17)21;;/h2-4,7-11H,1,5-6H2,(H-,17,21);2*1H. The monoisotopic (exact) mass is 478 g/mol. The van der Waals surface area contributed by atoms with Gasteiger partial charge >= 0.3 is 0 Å². The maximum absolute atomic E-state index is 11.0. The average Bonchev–Trinajstić information content (AvgIpc) is 2.50. The number of pyridine rings is 2. The van der Waals surface area contributed by atoms with Crippen LogP contribution in [-0.4, -0.2) is 17.3 Å². The van der Waals surface area contributed by atoms with Gasteiger partial charge in [0.05, 0.1) is 18.2 Å². The van der Waals surface area contributed by atoms with Crippen molar-refractivity contribution in [2.24, 2.45) is 10.9 Å². The van der Waals surface area contributed by atoms with E-state index in [4.69, 9.17) is 22.5 Å². The molecule has 0 spiro atoms. The molecule has 130 valence electrons. The Balaban J connectivity index is 0.00000264. The van der Waals surface area contributed by atoms with E-state index in [9.17, 15) is 4.79 Å². The molecule has 0 aliphatic rings. The molecule has 1 amide bonds. The fraction of sp³-hybridized carbons (Fsp3) is 0.200. The molecule has 0 unspecified atom stereocenters. The van der Waals surface area contributed by atoms with E-state index in [1.54, 1.807) is 24.4 Å². The largest absolute Gasteiger partial charge is 1.00 e. The summed E-state index contributed by atoms with van der Waals surface area (Å²) < 4.78 is 3.96. The molecule has 0 fully saturated rings. The van der Waals surface area contributed by atoms with Gasteiger partial charge in [0.25, 0.3) is 0 Å². The molecular weight excluding hydrogens is 463 g/mol. The number of halogens is 3. The summed E-state index contributed by atoms with van der Waals surface area (Å²) in [5.41, 5.74) is 6.36. The normalized spacial score (nSPS) is 10.0. The topological polar surface area (TPSA) is 83.4 Å². The maximum Gasteiger partial charge on any atom is 0.249 e. The average molecular weight is 481 g/mol. The van der Waals surface area contributed by atoms with Gasteiger partial charge in [0.2, 0.25) is 5.91 Å². The summed E-state index contributed by atoms with van der Waals surface area (Å²) in [7, 11) is 0. The number of aryl methyl sites for hydroxylation is 2. The van der Waals surface area contributed by atoms with Crippen LogP contribution in [-0.2, 0) is 13.1 Å². The van der Waals surface area contributed by atoms with E-state index in [0.29, 0.717) is 16.1 Å². The van der Waals surface area contributed by atoms with Crippen molar-refractivity contribution in [2.45, 2.75) is 19.5 Å². The Hall–Kier alpha value is -1.51. The van der Waals surface area contributed by atoms with E-state index in [2.05, 4.69) is 5.16 Å². The number of rotatable bonds is 6. The first-order valence-corrected chi connectivity index (χ1v) is 7.13. The van der Waals surface area contributed by atoms with Crippen LogP contribution in [0.2, 0.25) is 5.02 Å². The van der Waals surface area contributed by atoms with Crippen molar-refractivity contribution < 1.29 is 53.1 Å². The van der Waals surface area contributed by atoms with E-state index in [1.807, 2.05) is 27.7 Å². The highest BCUT2D eigenvalue weighted by atomic mass is 79.9. The summed E-state index contributed by atoms with van der Waals surface area (Å²) >= 11 is 6.08. The third-order valence-electron chi connectivity index (χ3n) is 3.21. The first kappa shape index (κ1) is 22.5. The molecule has 0 aromatic carbocycles. The second-order valence-corrected chi connectivity index (χ2v) is 5.18. The first-order valence-electron chi connectivity index (χ1n) is 6.75. The zero-order valence-corrected chi connectivity index (χ0v) is 16.6. The summed E-state index contributed by atoms with van der Waals surface area (Å²) in [6, 6.07) is 5.20. The summed E-state index contributed by atoms with van der Waals surface area (Å²) in [6.07, 6.45) is 9.53. The Labute approximate surface area is 166 Å². The fourth-order valence-corrected chi connectivity index (χ4v) is 2.27. The molecule has 0 saturated heterocycles. The highest BCUT2D eigenvalue weighted by Crippen LogP contribution is 2.09. The molecule has 0 atom stereocenters. The molecule has 0 aliphatic heterocycles. The third kappa shape index (κ3) is 6.54. The molecule has 9 heteroatoms. The predicted octanol–water partition coefficient (Wildman–Crippen LogP) is -5.08. The van der Waals surface area contributed by atoms with Crippen LogP contribution >= 0.6 is 11.6 Å². The Bertz CT molecular complexity index is 696. The predicted molar refractivity (Wildman–Crippen MR) is 80.8 cm³/mol. The van der Waals surface area contributed by atoms with Crippen molar-refractivity contribution in [3.63, 3.8) is 0 Å². The van der Waals surface area contributed by atoms with Gasteiger partial charge in [-0.2, -0.15) is 0 Å². The first-order chi connectivity index (χ1) is 10.6. The zero-order valence-electron chi connectivity index (χ0n) is 12.6. The number of aromatic nitrogens is 2. The molecule has 24 heavy (non-hydrogen) atoms. The van der Waals surface area contributed by atoms with Gasteiger partial charge in [0.1, 0.15) is 5.02 Å². The minimum absolute atomic E-state index is 0. The lowest BCUT2D eigenvalue weighted by atomic mass is 10.2. The van der Waals surface area contributed by atoms with Crippen LogP contribution in [0.4, 0.5) is 0 Å². The van der Waals surface area contributed by atoms with Crippen molar-refractivity contribution in [1.29, 1.82) is 0 Å². The van der Waals surface area contributed by atoms with Crippen LogP contribution < -0.4 is 48.8 Å². The van der Waals surface area contributed by atoms with Gasteiger partial charge in [-0.1, -0.05) is 16.8 Å². The Morgan fingerprint density at radius 1 is 1.17 bits per heavy atom. The number of hydrogen-bond acceptors (Lipinski definition) is 3. The van der Waals surface area contributed by atoms with E-state index in [-0.39, 0.29) is 34.0 Å². The summed E-state index contributed by atoms with van der Waals surface area (Å²) in [6.45, 7) is 1.60. The Morgan fingerprint density at radius 3 is 2.29 bits per heavy atom. The van der Waals surface area contributed by atoms with E-state index >= 15 is 0 Å². The van der Waals surface area contributed by atoms with Crippen LogP contribution in [0.5, 0.6) is 0 Å². The van der Waals surface area contributed by atoms with Crippen LogP contribution in [0.3, 0.4) is 0 Å². The number of hydrogen-bond donors (Lipinski definition) is 2. The molecule has 2 rings (SSSR count). The second-order valence-electron chi connectivity index (χ2n) is 4.77. The molecule has 3 N–H and O–H groups in total. The number of nitrogens with zero attached hydrogens (tertiary/aromatic N) is 3. The molecule has 2 aromatic heterocycles. The van der Waals surface area contributed by atoms with Gasteiger partial charge in [-0.15, -0.1) is 0 Å². The van der Waals surface area contributed by atoms with Crippen molar-refractivity contribution >= 4 is 23.7 Å². The molecule has 0 saturated carbocycles. The quantitative estimate of drug-likeness (QED) is 0.188. The van der Waals surface area contributed by atoms with Gasteiger partial charge in [-0.25, -0.2) is 9.13 Å². The highest BCUT2D eigenvalue weighted by molar-refractivity contribution is 6.32. The Morgan fingerprint density at radius 2 is 1.75 bits per heavy atom. The summed E-state index contributed by atoms with van der Waals surface area (Å²) in [4.78, 5) is 11.0. The van der Waals surface area contributed by atoms with Crippen molar-refractivity contribution in [3.05, 3.63) is 59.1 Å². The minimum Gasteiger partial charge on any atom is -1.00 e. The lowest BCUT2D eigenvalue weighted by molar-refractivity contribution is -0.726. The minimum atomic E-state index is -0.427. The number of nitrogens with two attached hydrogens (primary N) is 1. The van der Waals surface area contributed by atoms with Crippen LogP contribution in [0.25, 0.3) is 0 Å². The number of carbonyl (C=O) groups is 1. The fourth-order valence-electron chi connectivity index (χ4n) is 2.03. The van der Waals surface area contributed by atoms with Crippen molar-refractivity contribution in [1.82, 2.24) is 0 Å². The molecule has 2 heterocycles. The van der Waals surface area contributed by atoms with Crippen molar-refractivity contribution in [2.75, 3.05) is 0 Å². The summed E-state index contributed by atoms with van der Waals surface area (Å²) in [5.74, 6) is -0.427. The third-order valence-corrected chi connectivity index (χ3v) is 3.52. The van der Waals surface area contributed by atoms with Crippen LogP contribution in [0.15, 0.2) is 48.1 Å². The lowest BCUT2D eigenvalue weighted by Crippen LogP contribution is -3.00. The smallest absolute Gasteiger partial charge is 0.249 e. The van der Waals surface area contributed by atoms with E-state index in [0.717, 1.165) is 19.5 Å². The lowest BCUT2D eigenvalue weighted by Gasteiger charge is -1.99. The highest BCUT2D eigenvalue weighted by Gasteiger charge is 2.09. The summed E-state index contributed by atoms with van der Waals surface area (Å²) in [5, 5.41) is 12.0. The molecule has 0 bridgehead atoms. The van der Waals surface area contributed by atoms with Gasteiger partial charge < -0.3 is 44.9 Å². The van der Waals surface area contributed by atoms with E-state index < -0.39 is 5.91 Å². The molecule has 0 radical (unpaired) electrons.